The standard InChI is InChI=1S/C11H20O5/c1-3-4-6-16-11(13)10(2)15-9-8-14-7-5-12/h12H,2-9H2,1H3. The Hall–Kier alpha value is -1.07. The Morgan fingerprint density at radius 2 is 1.94 bits per heavy atom. The van der Waals surface area contributed by atoms with Gasteiger partial charge in [0, 0.05) is 0 Å². The zero-order valence-electron chi connectivity index (χ0n) is 9.74. The molecule has 0 unspecified atom stereocenters. The molecule has 0 bridgehead atoms. The van der Waals surface area contributed by atoms with Crippen LogP contribution in [0.2, 0.25) is 0 Å². The molecule has 5 heteroatoms. The molecular weight excluding hydrogens is 212 g/mol. The van der Waals surface area contributed by atoms with Crippen LogP contribution >= 0.6 is 0 Å². The first-order chi connectivity index (χ1) is 7.72. The monoisotopic (exact) mass is 232 g/mol. The summed E-state index contributed by atoms with van der Waals surface area (Å²) in [4.78, 5) is 11.2. The Morgan fingerprint density at radius 1 is 1.19 bits per heavy atom. The molecule has 94 valence electrons. The van der Waals surface area contributed by atoms with E-state index >= 15 is 0 Å². The number of aliphatic hydroxyl groups excluding tert-OH is 1. The van der Waals surface area contributed by atoms with Gasteiger partial charge in [-0.3, -0.25) is 0 Å². The lowest BCUT2D eigenvalue weighted by Gasteiger charge is -2.08. The Morgan fingerprint density at radius 3 is 2.56 bits per heavy atom. The molecule has 0 aliphatic rings. The van der Waals surface area contributed by atoms with E-state index in [0.717, 1.165) is 12.8 Å². The third-order valence-electron chi connectivity index (χ3n) is 1.70. The summed E-state index contributed by atoms with van der Waals surface area (Å²) in [5.74, 6) is -0.542. The second kappa shape index (κ2) is 10.4. The van der Waals surface area contributed by atoms with Crippen molar-refractivity contribution in [3.05, 3.63) is 12.3 Å². The number of hydrogen-bond donors (Lipinski definition) is 1. The van der Waals surface area contributed by atoms with Gasteiger partial charge < -0.3 is 19.3 Å². The number of aliphatic hydroxyl groups is 1. The molecule has 0 rings (SSSR count). The lowest BCUT2D eigenvalue weighted by molar-refractivity contribution is -0.143. The van der Waals surface area contributed by atoms with E-state index in [1.165, 1.54) is 0 Å². The second-order valence-electron chi connectivity index (χ2n) is 3.10. The Bertz CT molecular complexity index is 203. The molecule has 0 radical (unpaired) electrons. The Labute approximate surface area is 96.0 Å². The highest BCUT2D eigenvalue weighted by Gasteiger charge is 2.08. The van der Waals surface area contributed by atoms with Gasteiger partial charge in [-0.2, -0.15) is 0 Å². The van der Waals surface area contributed by atoms with Crippen LogP contribution in [0.15, 0.2) is 12.3 Å². The molecule has 5 nitrogen and oxygen atoms in total. The maximum Gasteiger partial charge on any atom is 0.372 e. The molecule has 0 aromatic rings. The van der Waals surface area contributed by atoms with Gasteiger partial charge in [-0.05, 0) is 13.0 Å². The summed E-state index contributed by atoms with van der Waals surface area (Å²) in [7, 11) is 0. The minimum atomic E-state index is -0.532. The highest BCUT2D eigenvalue weighted by atomic mass is 16.6. The van der Waals surface area contributed by atoms with E-state index in [-0.39, 0.29) is 25.6 Å². The van der Waals surface area contributed by atoms with Crippen LogP contribution in [-0.4, -0.2) is 44.1 Å². The summed E-state index contributed by atoms with van der Waals surface area (Å²) in [6, 6.07) is 0. The zero-order chi connectivity index (χ0) is 12.2. The average Bonchev–Trinajstić information content (AvgIpc) is 2.28. The molecule has 0 aromatic carbocycles. The maximum atomic E-state index is 11.2. The van der Waals surface area contributed by atoms with E-state index < -0.39 is 5.97 Å². The summed E-state index contributed by atoms with van der Waals surface area (Å²) in [6.45, 7) is 6.61. The third-order valence-corrected chi connectivity index (χ3v) is 1.70. The molecular formula is C11H20O5. The van der Waals surface area contributed by atoms with Crippen molar-refractivity contribution in [2.45, 2.75) is 19.8 Å². The van der Waals surface area contributed by atoms with Crippen LogP contribution < -0.4 is 0 Å². The molecule has 0 fully saturated rings. The predicted molar refractivity (Wildman–Crippen MR) is 58.9 cm³/mol. The van der Waals surface area contributed by atoms with Gasteiger partial charge in [-0.25, -0.2) is 4.79 Å². The number of ether oxygens (including phenoxy) is 3. The van der Waals surface area contributed by atoms with Crippen LogP contribution in [0.3, 0.4) is 0 Å². The van der Waals surface area contributed by atoms with Crippen LogP contribution in [0, 0.1) is 0 Å². The fourth-order valence-corrected chi connectivity index (χ4v) is 0.839. The van der Waals surface area contributed by atoms with Crippen molar-refractivity contribution in [2.24, 2.45) is 0 Å². The van der Waals surface area contributed by atoms with E-state index in [1.807, 2.05) is 6.92 Å². The van der Waals surface area contributed by atoms with Gasteiger partial charge in [-0.15, -0.1) is 0 Å². The number of rotatable bonds is 10. The summed E-state index contributed by atoms with van der Waals surface area (Å²) in [5.41, 5.74) is 0. The number of hydrogen-bond acceptors (Lipinski definition) is 5. The minimum absolute atomic E-state index is 0.0105. The van der Waals surface area contributed by atoms with E-state index in [4.69, 9.17) is 19.3 Å². The molecule has 0 atom stereocenters. The summed E-state index contributed by atoms with van der Waals surface area (Å²) in [5, 5.41) is 8.43. The van der Waals surface area contributed by atoms with Crippen molar-refractivity contribution in [2.75, 3.05) is 33.0 Å². The second-order valence-corrected chi connectivity index (χ2v) is 3.10. The topological polar surface area (TPSA) is 65.0 Å². The van der Waals surface area contributed by atoms with Crippen LogP contribution in [0.1, 0.15) is 19.8 Å². The largest absolute Gasteiger partial charge is 0.485 e. The van der Waals surface area contributed by atoms with Gasteiger partial charge in [0.15, 0.2) is 5.76 Å². The van der Waals surface area contributed by atoms with Crippen molar-refractivity contribution >= 4 is 5.97 Å². The van der Waals surface area contributed by atoms with Crippen molar-refractivity contribution in [3.63, 3.8) is 0 Å². The van der Waals surface area contributed by atoms with Crippen LogP contribution in [0.5, 0.6) is 0 Å². The predicted octanol–water partition coefficient (Wildman–Crippen LogP) is 0.869. The first-order valence-electron chi connectivity index (χ1n) is 5.39. The number of esters is 1. The van der Waals surface area contributed by atoms with Gasteiger partial charge in [0.1, 0.15) is 6.61 Å². The highest BCUT2D eigenvalue weighted by Crippen LogP contribution is 1.99. The summed E-state index contributed by atoms with van der Waals surface area (Å²) in [6.07, 6.45) is 1.80. The average molecular weight is 232 g/mol. The highest BCUT2D eigenvalue weighted by molar-refractivity contribution is 5.85. The zero-order valence-corrected chi connectivity index (χ0v) is 9.74. The Balaban J connectivity index is 3.44. The molecule has 0 spiro atoms. The van der Waals surface area contributed by atoms with Gasteiger partial charge >= 0.3 is 5.97 Å². The number of carbonyl (C=O) groups excluding carboxylic acids is 1. The summed E-state index contributed by atoms with van der Waals surface area (Å²) < 4.78 is 14.8. The van der Waals surface area contributed by atoms with E-state index in [2.05, 4.69) is 6.58 Å². The lowest BCUT2D eigenvalue weighted by atomic mass is 10.4. The van der Waals surface area contributed by atoms with Crippen molar-refractivity contribution in [3.8, 4) is 0 Å². The number of unbranched alkanes of at least 4 members (excludes halogenated alkanes) is 1. The molecule has 16 heavy (non-hydrogen) atoms. The SMILES string of the molecule is C=C(OCCOCCO)C(=O)OCCCC. The van der Waals surface area contributed by atoms with Gasteiger partial charge in [0.2, 0.25) is 0 Å². The number of carbonyl (C=O) groups is 1. The van der Waals surface area contributed by atoms with Crippen molar-refractivity contribution in [1.82, 2.24) is 0 Å². The Kier molecular flexibility index (Phi) is 9.75. The van der Waals surface area contributed by atoms with Crippen LogP contribution in [0.25, 0.3) is 0 Å². The van der Waals surface area contributed by atoms with Crippen molar-refractivity contribution < 1.29 is 24.1 Å². The first-order valence-corrected chi connectivity index (χ1v) is 5.39. The molecule has 0 aliphatic heterocycles. The van der Waals surface area contributed by atoms with E-state index in [1.54, 1.807) is 0 Å². The van der Waals surface area contributed by atoms with E-state index in [0.29, 0.717) is 13.2 Å². The smallest absolute Gasteiger partial charge is 0.372 e. The normalized spacial score (nSPS) is 9.88. The molecule has 0 heterocycles. The fourth-order valence-electron chi connectivity index (χ4n) is 0.839. The molecule has 0 saturated heterocycles. The van der Waals surface area contributed by atoms with Gasteiger partial charge in [0.25, 0.3) is 0 Å². The minimum Gasteiger partial charge on any atom is -0.485 e. The van der Waals surface area contributed by atoms with Crippen LogP contribution in [0.4, 0.5) is 0 Å². The molecule has 0 aliphatic carbocycles. The quantitative estimate of drug-likeness (QED) is 0.262. The third kappa shape index (κ3) is 8.26. The van der Waals surface area contributed by atoms with Gasteiger partial charge in [-0.1, -0.05) is 13.3 Å². The van der Waals surface area contributed by atoms with Crippen molar-refractivity contribution in [1.29, 1.82) is 0 Å². The molecule has 0 aromatic heterocycles. The molecule has 1 N–H and O–H groups in total. The van der Waals surface area contributed by atoms with Gasteiger partial charge in [0.05, 0.1) is 26.4 Å². The summed E-state index contributed by atoms with van der Waals surface area (Å²) >= 11 is 0. The lowest BCUT2D eigenvalue weighted by Crippen LogP contribution is -2.13. The fraction of sp³-hybridized carbons (Fsp3) is 0.727. The first kappa shape index (κ1) is 14.9. The molecule has 0 saturated carbocycles. The maximum absolute atomic E-state index is 11.2. The molecule has 0 amide bonds. The van der Waals surface area contributed by atoms with E-state index in [9.17, 15) is 4.79 Å². The van der Waals surface area contributed by atoms with Crippen LogP contribution in [-0.2, 0) is 19.0 Å².